The zero-order valence-corrected chi connectivity index (χ0v) is 47.4. The highest BCUT2D eigenvalue weighted by atomic mass is 19.5. The SMILES string of the molecule is OC(C(F)(F)F)(C(F)(F)F)C1(C(F)(F)F)C2C=CC(C2)C1(F)F.OC(C(F)(F)F)(C(F)(F)F)C1(C(F)(F)F)CC2C=CC1C2.OC(C(F)(F)F)(C(F)(F)F)C1(F)C2C=CC(C2)C1(F)F.OC(C(F)(F)F)(C(F)(F)F)C1(F)CC2C=CC1C2.OC(C1CC2C=CC1C2)(C(F)(F)F)C(F)(F)F. The van der Waals surface area contributed by atoms with E-state index in [2.05, 4.69) is 0 Å². The van der Waals surface area contributed by atoms with Crippen LogP contribution >= 0.6 is 0 Å². The van der Waals surface area contributed by atoms with Crippen molar-refractivity contribution >= 4 is 0 Å². The van der Waals surface area contributed by atoms with E-state index in [1.807, 2.05) is 0 Å². The van der Waals surface area contributed by atoms with Crippen LogP contribution < -0.4 is 0 Å². The second kappa shape index (κ2) is 23.5. The molecule has 10 aliphatic rings. The Kier molecular flexibility index (Phi) is 19.8. The van der Waals surface area contributed by atoms with Gasteiger partial charge in [0.05, 0.1) is 0 Å². The number of hydrogen-bond donors (Lipinski definition) is 5. The first kappa shape index (κ1) is 83.5. The lowest BCUT2D eigenvalue weighted by atomic mass is 9.60. The van der Waals surface area contributed by atoms with Crippen molar-refractivity contribution in [1.29, 1.82) is 0 Å². The molecule has 10 aliphatic carbocycles. The van der Waals surface area contributed by atoms with Gasteiger partial charge in [0.15, 0.2) is 11.1 Å². The average Bonchev–Trinajstić information content (AvgIpc) is 1.49. The van der Waals surface area contributed by atoms with Gasteiger partial charge < -0.3 is 25.5 Å². The molecule has 0 saturated heterocycles. The number of halogens is 42. The quantitative estimate of drug-likeness (QED) is 0.139. The van der Waals surface area contributed by atoms with Crippen LogP contribution in [0.2, 0.25) is 0 Å². The molecular weight excluding hydrogens is 1500 g/mol. The zero-order chi connectivity index (χ0) is 77.6. The van der Waals surface area contributed by atoms with E-state index in [1.165, 1.54) is 12.2 Å². The molecule has 99 heavy (non-hydrogen) atoms. The molecule has 0 amide bonds. The lowest BCUT2D eigenvalue weighted by molar-refractivity contribution is -0.472. The second-order valence-corrected chi connectivity index (χ2v) is 25.1. The monoisotopic (exact) mass is 1540 g/mol. The van der Waals surface area contributed by atoms with Gasteiger partial charge >= 0.3 is 74.1 Å². The van der Waals surface area contributed by atoms with Crippen molar-refractivity contribution in [2.45, 2.75) is 177 Å². The molecule has 5 saturated carbocycles. The van der Waals surface area contributed by atoms with E-state index in [9.17, 15) is 195 Å². The van der Waals surface area contributed by atoms with Crippen LogP contribution in [-0.2, 0) is 0 Å². The van der Waals surface area contributed by atoms with Gasteiger partial charge in [-0.2, -0.15) is 158 Å². The highest BCUT2D eigenvalue weighted by Crippen LogP contribution is 2.77. The third-order valence-corrected chi connectivity index (χ3v) is 20.1. The summed E-state index contributed by atoms with van der Waals surface area (Å²) in [6.07, 6.45) is -72.7. The molecule has 0 radical (unpaired) electrons. The number of hydrogen-bond acceptors (Lipinski definition) is 5. The molecule has 0 aromatic heterocycles. The summed E-state index contributed by atoms with van der Waals surface area (Å²) in [5.74, 6) is -28.6. The smallest absolute Gasteiger partial charge is 0.373 e. The zero-order valence-electron chi connectivity index (χ0n) is 47.4. The normalized spacial score (nSPS) is 34.9. The van der Waals surface area contributed by atoms with E-state index < -0.39 is 227 Å². The molecule has 5 nitrogen and oxygen atoms in total. The molecule has 47 heteroatoms. The van der Waals surface area contributed by atoms with Crippen molar-refractivity contribution in [2.24, 2.45) is 75.9 Å². The Bertz CT molecular complexity index is 3030. The highest BCUT2D eigenvalue weighted by molar-refractivity contribution is 5.35. The van der Waals surface area contributed by atoms with Crippen LogP contribution in [0.1, 0.15) is 51.4 Å². The molecule has 15 atom stereocenters. The van der Waals surface area contributed by atoms with Crippen molar-refractivity contribution in [3.63, 3.8) is 0 Å². The Labute approximate surface area is 523 Å². The molecule has 10 bridgehead atoms. The third kappa shape index (κ3) is 11.4. The molecule has 0 aliphatic heterocycles. The van der Waals surface area contributed by atoms with Crippen LogP contribution in [0.3, 0.4) is 0 Å². The summed E-state index contributed by atoms with van der Waals surface area (Å²) in [7, 11) is 0. The topological polar surface area (TPSA) is 101 Å². The summed E-state index contributed by atoms with van der Waals surface area (Å²) in [4.78, 5) is 0. The Morgan fingerprint density at radius 1 is 0.263 bits per heavy atom. The first-order chi connectivity index (χ1) is 43.4. The van der Waals surface area contributed by atoms with Gasteiger partial charge in [0.25, 0.3) is 39.9 Å². The molecule has 574 valence electrons. The van der Waals surface area contributed by atoms with E-state index in [4.69, 9.17) is 15.3 Å². The van der Waals surface area contributed by atoms with Crippen molar-refractivity contribution in [1.82, 2.24) is 0 Å². The molecule has 15 unspecified atom stereocenters. The Hall–Kier alpha value is -4.44. The van der Waals surface area contributed by atoms with Crippen LogP contribution in [0.15, 0.2) is 60.8 Å². The van der Waals surface area contributed by atoms with Gasteiger partial charge in [-0.1, -0.05) is 60.8 Å². The second-order valence-electron chi connectivity index (χ2n) is 25.1. The highest BCUT2D eigenvalue weighted by Gasteiger charge is 2.97. The first-order valence-corrected chi connectivity index (χ1v) is 27.3. The minimum atomic E-state index is -7.03. The minimum Gasteiger partial charge on any atom is -0.373 e. The van der Waals surface area contributed by atoms with Gasteiger partial charge in [-0.25, -0.2) is 26.3 Å². The molecular formula is C52H42F42O5. The Morgan fingerprint density at radius 2 is 0.596 bits per heavy atom. The maximum absolute atomic E-state index is 14.3. The fourth-order valence-electron chi connectivity index (χ4n) is 15.6. The number of rotatable bonds is 5. The lowest BCUT2D eigenvalue weighted by Gasteiger charge is -2.52. The third-order valence-electron chi connectivity index (χ3n) is 20.1. The predicted octanol–water partition coefficient (Wildman–Crippen LogP) is 17.8. The summed E-state index contributed by atoms with van der Waals surface area (Å²) >= 11 is 0. The summed E-state index contributed by atoms with van der Waals surface area (Å²) in [5, 5.41) is 45.7. The van der Waals surface area contributed by atoms with Crippen LogP contribution in [0.5, 0.6) is 0 Å². The predicted molar refractivity (Wildman–Crippen MR) is 241 cm³/mol. The van der Waals surface area contributed by atoms with Gasteiger partial charge in [0, 0.05) is 35.5 Å². The standard InChI is InChI=1S/C11H7F11O.C11H9F9O.C10H7F9O.C10H9F7O.C10H10F6O/c12-7(13)5-2-1-4(3-5)6(7,9(14,15)16)8(23,10(17,18)19)11(20,21)22;12-9(13,14)7(4-5-1-2-6(7)3-5)8(21,10(15,16)17)11(18,19)20;11-6(4-1-2-5(3-4)7(6,12)13)8(20,9(14,15)16)10(17,18)19;11-7(4-5-1-2-6(7)3-5)8(18,9(12,13)14)10(15,16)17;11-9(12,13)8(17,10(14,15)16)7-4-5-1-2-6(7)3-5/h1-2,4-5,23H,3H2;1-2,5-6,21H,3-4H2;1-2,4-5,20H,3H2;1-2,5-6,18H,3-4H2;1-2,5-7,17H,3-4H2. The van der Waals surface area contributed by atoms with E-state index in [0.717, 1.165) is 12.2 Å². The summed E-state index contributed by atoms with van der Waals surface area (Å²) in [6, 6.07) is 0. The maximum Gasteiger partial charge on any atom is 0.429 e. The number of aliphatic hydroxyl groups is 5. The van der Waals surface area contributed by atoms with Crippen molar-refractivity contribution in [2.75, 3.05) is 0 Å². The number of alkyl halides is 42. The van der Waals surface area contributed by atoms with E-state index in [0.29, 0.717) is 24.3 Å². The van der Waals surface area contributed by atoms with Gasteiger partial charge in [-0.05, 0) is 81.0 Å². The molecule has 0 heterocycles. The average molecular weight is 1540 g/mol. The Balaban J connectivity index is 0.000000196. The maximum atomic E-state index is 14.3. The molecule has 5 fully saturated rings. The minimum absolute atomic E-state index is 0.134. The fourth-order valence-corrected chi connectivity index (χ4v) is 15.6. The lowest BCUT2D eigenvalue weighted by Crippen LogP contribution is -2.77. The summed E-state index contributed by atoms with van der Waals surface area (Å²) in [6.45, 7) is 0. The Morgan fingerprint density at radius 3 is 0.848 bits per heavy atom. The number of allylic oxidation sites excluding steroid dienone is 10. The first-order valence-electron chi connectivity index (χ1n) is 27.3. The summed E-state index contributed by atoms with van der Waals surface area (Å²) < 4.78 is 545. The largest absolute Gasteiger partial charge is 0.429 e. The van der Waals surface area contributed by atoms with Gasteiger partial charge in [-0.15, -0.1) is 0 Å². The molecule has 0 aromatic carbocycles. The molecule has 5 N–H and O–H groups in total. The van der Waals surface area contributed by atoms with E-state index in [-0.39, 0.29) is 31.3 Å². The fraction of sp³-hybridized carbons (Fsp3) is 0.808. The van der Waals surface area contributed by atoms with Gasteiger partial charge in [0.2, 0.25) is 5.67 Å². The van der Waals surface area contributed by atoms with E-state index >= 15 is 0 Å². The molecule has 0 spiro atoms. The molecule has 0 aromatic rings. The molecule has 10 rings (SSSR count). The van der Waals surface area contributed by atoms with Crippen molar-refractivity contribution in [3.05, 3.63) is 60.8 Å². The van der Waals surface area contributed by atoms with Crippen molar-refractivity contribution < 1.29 is 210 Å². The van der Waals surface area contributed by atoms with Crippen LogP contribution in [-0.4, -0.2) is 151 Å². The van der Waals surface area contributed by atoms with Crippen LogP contribution in [0, 0.1) is 75.9 Å². The van der Waals surface area contributed by atoms with Gasteiger partial charge in [-0.3, -0.25) is 0 Å². The number of fused-ring (bicyclic) bond motifs is 10. The van der Waals surface area contributed by atoms with E-state index in [1.54, 1.807) is 6.08 Å². The van der Waals surface area contributed by atoms with Crippen LogP contribution in [0.25, 0.3) is 0 Å². The summed E-state index contributed by atoms with van der Waals surface area (Å²) in [5.41, 5.74) is -47.5. The van der Waals surface area contributed by atoms with Crippen LogP contribution in [0.4, 0.5) is 184 Å². The van der Waals surface area contributed by atoms with Gasteiger partial charge in [0.1, 0.15) is 5.41 Å². The van der Waals surface area contributed by atoms with Crippen molar-refractivity contribution in [3.8, 4) is 0 Å².